The van der Waals surface area contributed by atoms with Crippen LogP contribution in [0.2, 0.25) is 0 Å². The molecule has 0 radical (unpaired) electrons. The van der Waals surface area contributed by atoms with Crippen molar-refractivity contribution in [3.8, 4) is 39.1 Å². The molecule has 0 aromatic heterocycles. The van der Waals surface area contributed by atoms with Gasteiger partial charge in [0.1, 0.15) is 49.2 Å². The van der Waals surface area contributed by atoms with Gasteiger partial charge in [-0.3, -0.25) is 0 Å². The topological polar surface area (TPSA) is 167 Å². The molecule has 15 heteroatoms. The van der Waals surface area contributed by atoms with Crippen LogP contribution in [0, 0.1) is 23.0 Å². The monoisotopic (exact) mass is 1070 g/mol. The molecule has 1 aliphatic rings. The van der Waals surface area contributed by atoms with Crippen molar-refractivity contribution >= 4 is 35.8 Å². The molecular weight excluding hydrogens is 1000 g/mol. The van der Waals surface area contributed by atoms with Crippen molar-refractivity contribution in [3.63, 3.8) is 0 Å². The summed E-state index contributed by atoms with van der Waals surface area (Å²) in [4.78, 5) is 74.2. The average Bonchev–Trinajstić information content (AvgIpc) is 3.48. The molecule has 0 amide bonds. The summed E-state index contributed by atoms with van der Waals surface area (Å²) in [6.07, 6.45) is 14.4. The van der Waals surface area contributed by atoms with Gasteiger partial charge in [0.25, 0.3) is 0 Å². The van der Waals surface area contributed by atoms with Gasteiger partial charge in [-0.1, -0.05) is 101 Å². The van der Waals surface area contributed by atoms with Crippen LogP contribution in [0.1, 0.15) is 108 Å². The maximum Gasteiger partial charge on any atom is 0.333 e. The molecule has 1 saturated carbocycles. The zero-order valence-electron chi connectivity index (χ0n) is 45.7. The third kappa shape index (κ3) is 18.2. The fourth-order valence-corrected chi connectivity index (χ4v) is 9.16. The Morgan fingerprint density at radius 1 is 0.590 bits per heavy atom. The van der Waals surface area contributed by atoms with Crippen molar-refractivity contribution in [2.24, 2.45) is 11.3 Å². The molecule has 13 nitrogen and oxygen atoms in total. The van der Waals surface area contributed by atoms with Gasteiger partial charge < -0.3 is 33.2 Å². The van der Waals surface area contributed by atoms with Crippen LogP contribution in [0.5, 0.6) is 5.75 Å². The van der Waals surface area contributed by atoms with Crippen molar-refractivity contribution in [2.75, 3.05) is 47.3 Å². The molecule has 0 spiro atoms. The summed E-state index contributed by atoms with van der Waals surface area (Å²) >= 11 is 0. The highest BCUT2D eigenvalue weighted by Crippen LogP contribution is 2.40. The number of benzene rings is 4. The van der Waals surface area contributed by atoms with Gasteiger partial charge in [0.05, 0.1) is 26.4 Å². The Morgan fingerprint density at radius 2 is 1.13 bits per heavy atom. The fourth-order valence-electron chi connectivity index (χ4n) is 9.16. The summed E-state index contributed by atoms with van der Waals surface area (Å²) in [6.45, 7) is 12.2. The number of hydrogen-bond acceptors (Lipinski definition) is 13. The quantitative estimate of drug-likeness (QED) is 0.0228. The third-order valence-corrected chi connectivity index (χ3v) is 13.7. The minimum absolute atomic E-state index is 0.0243. The van der Waals surface area contributed by atoms with Crippen LogP contribution in [0.15, 0.2) is 121 Å². The second kappa shape index (κ2) is 30.3. The smallest absolute Gasteiger partial charge is 0.333 e. The Hall–Kier alpha value is -7.68. The standard InChI is InChI=1S/C63H72F2O13/c1-9-11-12-14-43-16-18-45(19-17-43)46-20-22-47(23-21-46)51-35-53(64)60(54(65)36-51)50-24-26-52(44(10-2)33-50)48-25-27-55(49(34-48)15-13-32-74-61(70)41(3)4)75-37-63(40-78-62(71)42(5)6,38-76-58(68)30-28-56(66)72-7)39-77-59(69)31-29-57(67)73-8/h20-31,33-36,43,45H,3,5,9-19,32,37-40H2,1-2,4,6-8H3/b30-28+,31-29+. The maximum absolute atomic E-state index is 16.2. The number of hydrogen-bond donors (Lipinski definition) is 0. The molecule has 4 aromatic carbocycles. The van der Waals surface area contributed by atoms with E-state index in [0.717, 1.165) is 79.5 Å². The first kappa shape index (κ1) is 61.2. The summed E-state index contributed by atoms with van der Waals surface area (Å²) in [5, 5.41) is 0. The number of halogens is 2. The Bertz CT molecular complexity index is 2770. The van der Waals surface area contributed by atoms with Crippen molar-refractivity contribution < 1.29 is 70.7 Å². The van der Waals surface area contributed by atoms with Crippen LogP contribution in [-0.4, -0.2) is 83.1 Å². The van der Waals surface area contributed by atoms with E-state index in [1.165, 1.54) is 70.1 Å². The van der Waals surface area contributed by atoms with Crippen LogP contribution in [0.3, 0.4) is 0 Å². The lowest BCUT2D eigenvalue weighted by atomic mass is 9.77. The van der Waals surface area contributed by atoms with E-state index >= 15 is 8.78 Å². The zero-order chi connectivity index (χ0) is 56.8. The van der Waals surface area contributed by atoms with Crippen molar-refractivity contribution in [2.45, 2.75) is 104 Å². The second-order valence-corrected chi connectivity index (χ2v) is 19.8. The van der Waals surface area contributed by atoms with Gasteiger partial charge in [-0.2, -0.15) is 0 Å². The summed E-state index contributed by atoms with van der Waals surface area (Å²) in [5.74, 6) is -4.83. The number of esters is 6. The van der Waals surface area contributed by atoms with E-state index < -0.39 is 79.3 Å². The molecule has 1 fully saturated rings. The van der Waals surface area contributed by atoms with Gasteiger partial charge in [0, 0.05) is 35.5 Å². The predicted molar refractivity (Wildman–Crippen MR) is 293 cm³/mol. The number of unbranched alkanes of at least 4 members (excludes halogenated alkanes) is 2. The lowest BCUT2D eigenvalue weighted by Gasteiger charge is -2.32. The molecule has 4 aromatic rings. The molecule has 5 rings (SSSR count). The summed E-state index contributed by atoms with van der Waals surface area (Å²) < 4.78 is 69.9. The molecule has 0 N–H and O–H groups in total. The zero-order valence-corrected chi connectivity index (χ0v) is 45.7. The van der Waals surface area contributed by atoms with E-state index in [4.69, 9.17) is 23.7 Å². The Balaban J connectivity index is 1.45. The minimum Gasteiger partial charge on any atom is -0.492 e. The van der Waals surface area contributed by atoms with Crippen LogP contribution in [-0.2, 0) is 70.0 Å². The average molecular weight is 1080 g/mol. The van der Waals surface area contributed by atoms with E-state index in [9.17, 15) is 28.8 Å². The molecule has 0 aliphatic heterocycles. The highest BCUT2D eigenvalue weighted by atomic mass is 19.1. The van der Waals surface area contributed by atoms with E-state index in [-0.39, 0.29) is 29.7 Å². The predicted octanol–water partition coefficient (Wildman–Crippen LogP) is 12.5. The minimum atomic E-state index is -1.63. The number of carbonyl (C=O) groups excluding carboxylic acids is 6. The van der Waals surface area contributed by atoms with E-state index in [2.05, 4.69) is 41.7 Å². The normalized spacial score (nSPS) is 14.4. The van der Waals surface area contributed by atoms with E-state index in [0.29, 0.717) is 41.2 Å². The third-order valence-electron chi connectivity index (χ3n) is 13.7. The van der Waals surface area contributed by atoms with E-state index in [1.54, 1.807) is 30.3 Å². The molecular formula is C63H72F2O13. The molecule has 0 heterocycles. The van der Waals surface area contributed by atoms with Gasteiger partial charge in [-0.05, 0) is 139 Å². The van der Waals surface area contributed by atoms with Crippen molar-refractivity contribution in [3.05, 3.63) is 150 Å². The van der Waals surface area contributed by atoms with Crippen LogP contribution < -0.4 is 4.74 Å². The highest BCUT2D eigenvalue weighted by Gasteiger charge is 2.38. The summed E-state index contributed by atoms with van der Waals surface area (Å²) in [6, 6.07) is 21.4. The molecule has 0 atom stereocenters. The number of rotatable bonds is 28. The Morgan fingerprint density at radius 3 is 1.69 bits per heavy atom. The van der Waals surface area contributed by atoms with Crippen molar-refractivity contribution in [1.82, 2.24) is 0 Å². The first-order chi connectivity index (χ1) is 37.4. The maximum atomic E-state index is 16.2. The van der Waals surface area contributed by atoms with Gasteiger partial charge in [0.2, 0.25) is 0 Å². The van der Waals surface area contributed by atoms with Gasteiger partial charge in [-0.15, -0.1) is 0 Å². The van der Waals surface area contributed by atoms with Gasteiger partial charge in [0.15, 0.2) is 0 Å². The van der Waals surface area contributed by atoms with Gasteiger partial charge >= 0.3 is 35.8 Å². The van der Waals surface area contributed by atoms with E-state index in [1.807, 2.05) is 25.1 Å². The molecule has 416 valence electrons. The van der Waals surface area contributed by atoms with Crippen LogP contribution in [0.4, 0.5) is 8.78 Å². The van der Waals surface area contributed by atoms with Crippen molar-refractivity contribution in [1.29, 1.82) is 0 Å². The molecule has 0 saturated heterocycles. The first-order valence-corrected chi connectivity index (χ1v) is 26.4. The lowest BCUT2D eigenvalue weighted by molar-refractivity contribution is -0.159. The molecule has 1 aliphatic carbocycles. The molecule has 78 heavy (non-hydrogen) atoms. The largest absolute Gasteiger partial charge is 0.492 e. The highest BCUT2D eigenvalue weighted by molar-refractivity contribution is 5.92. The van der Waals surface area contributed by atoms with Crippen LogP contribution in [0.25, 0.3) is 33.4 Å². The second-order valence-electron chi connectivity index (χ2n) is 19.8. The number of carbonyl (C=O) groups is 6. The fraction of sp³-hybridized carbons (Fsp3) is 0.397. The Labute approximate surface area is 456 Å². The number of ether oxygens (including phenoxy) is 7. The SMILES string of the molecule is C=C(C)C(=O)OCCCc1cc(-c2ccc(-c3c(F)cc(-c4ccc(C5CCC(CCCCC)CC5)cc4)cc3F)cc2CC)ccc1OCC(COC(=O)/C=C/C(=O)OC)(COC(=O)/C=C/C(=O)OC)COC(=O)C(=C)C. The number of aryl methyl sites for hydroxylation is 2. The number of methoxy groups -OCH3 is 2. The molecule has 0 unspecified atom stereocenters. The lowest BCUT2D eigenvalue weighted by Crippen LogP contribution is -2.44. The first-order valence-electron chi connectivity index (χ1n) is 26.4. The summed E-state index contributed by atoms with van der Waals surface area (Å²) in [7, 11) is 2.24. The summed E-state index contributed by atoms with van der Waals surface area (Å²) in [5.41, 5.74) is 4.19. The van der Waals surface area contributed by atoms with Gasteiger partial charge in [-0.25, -0.2) is 37.5 Å². The molecule has 0 bridgehead atoms. The Kier molecular flexibility index (Phi) is 23.8. The van der Waals surface area contributed by atoms with Crippen LogP contribution >= 0.6 is 0 Å².